The van der Waals surface area contributed by atoms with E-state index in [1.165, 1.54) is 6.33 Å². The molecule has 2 aliphatic rings. The highest BCUT2D eigenvalue weighted by Gasteiger charge is 2.29. The molecule has 4 rings (SSSR count). The molecule has 0 amide bonds. The van der Waals surface area contributed by atoms with Gasteiger partial charge in [-0.25, -0.2) is 18.4 Å². The highest BCUT2D eigenvalue weighted by atomic mass is 32.2. The predicted molar refractivity (Wildman–Crippen MR) is 87.2 cm³/mol. The number of hydrogen-bond donors (Lipinski definition) is 2. The van der Waals surface area contributed by atoms with E-state index < -0.39 is 9.84 Å². The largest absolute Gasteiger partial charge is 0.393 e. The van der Waals surface area contributed by atoms with Gasteiger partial charge in [0.05, 0.1) is 22.3 Å². The zero-order valence-corrected chi connectivity index (χ0v) is 13.5. The van der Waals surface area contributed by atoms with E-state index in [1.807, 2.05) is 0 Å². The molecular weight excluding hydrogens is 314 g/mol. The Labute approximate surface area is 134 Å². The number of anilines is 1. The molecule has 2 N–H and O–H groups in total. The third-order valence-electron chi connectivity index (χ3n) is 4.81. The summed E-state index contributed by atoms with van der Waals surface area (Å²) in [5, 5.41) is 14.1. The third-order valence-corrected chi connectivity index (χ3v) is 6.61. The molecule has 0 spiro atoms. The van der Waals surface area contributed by atoms with Gasteiger partial charge in [-0.3, -0.25) is 0 Å². The van der Waals surface area contributed by atoms with Gasteiger partial charge in [-0.1, -0.05) is 0 Å². The number of aliphatic hydroxyl groups is 1. The minimum atomic E-state index is -3.18. The Bertz CT molecular complexity index is 866. The molecule has 1 aromatic carbocycles. The fraction of sp³-hybridized carbons (Fsp3) is 0.500. The lowest BCUT2D eigenvalue weighted by molar-refractivity contribution is 0.124. The Hall–Kier alpha value is -1.73. The van der Waals surface area contributed by atoms with Crippen LogP contribution in [0.25, 0.3) is 10.9 Å². The van der Waals surface area contributed by atoms with E-state index in [9.17, 15) is 13.5 Å². The standard InChI is InChI=1S/C16H19N3O3S/c20-11-3-1-2-10(8-11)19-16-15-12-6-7-23(21,22)14(12)5-4-13(15)17-9-18-16/h4-5,9-11,20H,1-3,6-8H2,(H,17,18,19). The van der Waals surface area contributed by atoms with E-state index in [2.05, 4.69) is 15.3 Å². The van der Waals surface area contributed by atoms with E-state index in [-0.39, 0.29) is 17.9 Å². The summed E-state index contributed by atoms with van der Waals surface area (Å²) in [5.41, 5.74) is 1.58. The van der Waals surface area contributed by atoms with Gasteiger partial charge < -0.3 is 10.4 Å². The van der Waals surface area contributed by atoms with Crippen LogP contribution >= 0.6 is 0 Å². The number of nitrogens with one attached hydrogen (secondary N) is 1. The van der Waals surface area contributed by atoms with Crippen LogP contribution in [-0.4, -0.2) is 41.4 Å². The zero-order chi connectivity index (χ0) is 16.0. The molecule has 1 aliphatic carbocycles. The summed E-state index contributed by atoms with van der Waals surface area (Å²) in [6, 6.07) is 3.56. The van der Waals surface area contributed by atoms with Crippen molar-refractivity contribution in [1.82, 2.24) is 9.97 Å². The Balaban J connectivity index is 1.80. The van der Waals surface area contributed by atoms with E-state index in [4.69, 9.17) is 0 Å². The van der Waals surface area contributed by atoms with Gasteiger partial charge >= 0.3 is 0 Å². The van der Waals surface area contributed by atoms with E-state index in [1.54, 1.807) is 12.1 Å². The van der Waals surface area contributed by atoms with Gasteiger partial charge in [0.15, 0.2) is 9.84 Å². The average molecular weight is 333 g/mol. The fourth-order valence-corrected chi connectivity index (χ4v) is 5.23. The predicted octanol–water partition coefficient (Wildman–Crippen LogP) is 1.68. The lowest BCUT2D eigenvalue weighted by Crippen LogP contribution is -2.30. The van der Waals surface area contributed by atoms with Gasteiger partial charge in [0.1, 0.15) is 12.1 Å². The normalized spacial score (nSPS) is 26.1. The van der Waals surface area contributed by atoms with Gasteiger partial charge in [-0.05, 0) is 49.8 Å². The van der Waals surface area contributed by atoms with Crippen molar-refractivity contribution in [3.63, 3.8) is 0 Å². The topological polar surface area (TPSA) is 92.2 Å². The molecule has 1 aromatic heterocycles. The second-order valence-corrected chi connectivity index (χ2v) is 8.47. The minimum absolute atomic E-state index is 0.151. The molecule has 0 radical (unpaired) electrons. The number of nitrogens with zero attached hydrogens (tertiary/aromatic N) is 2. The number of benzene rings is 1. The maximum absolute atomic E-state index is 12.1. The molecule has 7 heteroatoms. The summed E-state index contributed by atoms with van der Waals surface area (Å²) < 4.78 is 24.3. The SMILES string of the molecule is O=S1(=O)CCc2c1ccc1ncnc(NC3CCCC(O)C3)c21. The lowest BCUT2D eigenvalue weighted by atomic mass is 9.93. The number of sulfone groups is 1. The Morgan fingerprint density at radius 3 is 2.91 bits per heavy atom. The first-order chi connectivity index (χ1) is 11.0. The van der Waals surface area contributed by atoms with E-state index in [0.29, 0.717) is 23.6 Å². The van der Waals surface area contributed by atoms with Crippen LogP contribution in [0.3, 0.4) is 0 Å². The molecule has 1 aliphatic heterocycles. The van der Waals surface area contributed by atoms with Crippen LogP contribution in [0.2, 0.25) is 0 Å². The summed E-state index contributed by atoms with van der Waals surface area (Å²) in [5.74, 6) is 0.834. The van der Waals surface area contributed by atoms with Gasteiger partial charge in [0.2, 0.25) is 0 Å². The quantitative estimate of drug-likeness (QED) is 0.868. The van der Waals surface area contributed by atoms with Crippen LogP contribution in [0, 0.1) is 0 Å². The first kappa shape index (κ1) is 14.8. The molecular formula is C16H19N3O3S. The molecule has 0 bridgehead atoms. The number of aromatic nitrogens is 2. The summed E-state index contributed by atoms with van der Waals surface area (Å²) in [6.45, 7) is 0. The fourth-order valence-electron chi connectivity index (χ4n) is 3.69. The highest BCUT2D eigenvalue weighted by molar-refractivity contribution is 7.91. The van der Waals surface area contributed by atoms with E-state index in [0.717, 1.165) is 35.7 Å². The first-order valence-electron chi connectivity index (χ1n) is 7.98. The molecule has 2 aromatic rings. The molecule has 2 heterocycles. The maximum atomic E-state index is 12.1. The molecule has 1 fully saturated rings. The van der Waals surface area contributed by atoms with Crippen LogP contribution in [0.1, 0.15) is 31.2 Å². The summed E-state index contributed by atoms with van der Waals surface area (Å²) in [7, 11) is -3.18. The zero-order valence-electron chi connectivity index (χ0n) is 12.7. The molecule has 122 valence electrons. The van der Waals surface area contributed by atoms with Crippen molar-refractivity contribution in [2.45, 2.75) is 49.1 Å². The number of rotatable bonds is 2. The van der Waals surface area contributed by atoms with Gasteiger partial charge in [-0.2, -0.15) is 0 Å². The van der Waals surface area contributed by atoms with Gasteiger partial charge in [-0.15, -0.1) is 0 Å². The van der Waals surface area contributed by atoms with Crippen molar-refractivity contribution >= 4 is 26.6 Å². The van der Waals surface area contributed by atoms with Crippen LogP contribution in [0.15, 0.2) is 23.4 Å². The number of hydrogen-bond acceptors (Lipinski definition) is 6. The van der Waals surface area contributed by atoms with Gasteiger partial charge in [0.25, 0.3) is 0 Å². The van der Waals surface area contributed by atoms with Crippen molar-refractivity contribution in [1.29, 1.82) is 0 Å². The molecule has 23 heavy (non-hydrogen) atoms. The smallest absolute Gasteiger partial charge is 0.179 e. The minimum Gasteiger partial charge on any atom is -0.393 e. The van der Waals surface area contributed by atoms with Crippen molar-refractivity contribution in [2.24, 2.45) is 0 Å². The van der Waals surface area contributed by atoms with Gasteiger partial charge in [0, 0.05) is 11.4 Å². The summed E-state index contributed by atoms with van der Waals surface area (Å²) in [4.78, 5) is 9.04. The second-order valence-electron chi connectivity index (χ2n) is 6.39. The lowest BCUT2D eigenvalue weighted by Gasteiger charge is -2.27. The molecule has 6 nitrogen and oxygen atoms in total. The first-order valence-corrected chi connectivity index (χ1v) is 9.64. The van der Waals surface area contributed by atoms with Crippen LogP contribution in [0.4, 0.5) is 5.82 Å². The highest BCUT2D eigenvalue weighted by Crippen LogP contribution is 2.35. The maximum Gasteiger partial charge on any atom is 0.179 e. The number of fused-ring (bicyclic) bond motifs is 3. The van der Waals surface area contributed by atoms with Crippen molar-refractivity contribution < 1.29 is 13.5 Å². The molecule has 2 atom stereocenters. The van der Waals surface area contributed by atoms with Crippen LogP contribution in [-0.2, 0) is 16.3 Å². The average Bonchev–Trinajstić information content (AvgIpc) is 2.83. The number of aryl methyl sites for hydroxylation is 1. The third kappa shape index (κ3) is 2.57. The molecule has 1 saturated carbocycles. The molecule has 0 saturated heterocycles. The monoisotopic (exact) mass is 333 g/mol. The Morgan fingerprint density at radius 1 is 1.22 bits per heavy atom. The summed E-state index contributed by atoms with van der Waals surface area (Å²) >= 11 is 0. The van der Waals surface area contributed by atoms with Crippen LogP contribution in [0.5, 0.6) is 0 Å². The Kier molecular flexibility index (Phi) is 3.50. The Morgan fingerprint density at radius 2 is 2.09 bits per heavy atom. The number of aliphatic hydroxyl groups excluding tert-OH is 1. The molecule has 2 unspecified atom stereocenters. The second kappa shape index (κ2) is 5.42. The van der Waals surface area contributed by atoms with Crippen molar-refractivity contribution in [3.8, 4) is 0 Å². The summed E-state index contributed by atoms with van der Waals surface area (Å²) in [6.07, 6.45) is 5.23. The van der Waals surface area contributed by atoms with Crippen molar-refractivity contribution in [3.05, 3.63) is 24.0 Å². The van der Waals surface area contributed by atoms with E-state index >= 15 is 0 Å². The van der Waals surface area contributed by atoms with Crippen LogP contribution < -0.4 is 5.32 Å². The van der Waals surface area contributed by atoms with Crippen molar-refractivity contribution in [2.75, 3.05) is 11.1 Å².